The van der Waals surface area contributed by atoms with Crippen LogP contribution in [0.25, 0.3) is 0 Å². The molecule has 4 amide bonds. The number of aliphatic hydroxyl groups is 1. The molecule has 0 bridgehead atoms. The van der Waals surface area contributed by atoms with Gasteiger partial charge in [-0.15, -0.1) is 0 Å². The fourth-order valence-corrected chi connectivity index (χ4v) is 3.23. The molecule has 0 fully saturated rings. The third-order valence-corrected chi connectivity index (χ3v) is 5.27. The summed E-state index contributed by atoms with van der Waals surface area (Å²) in [6, 6.07) is -5.10. The first-order chi connectivity index (χ1) is 17.0. The Kier molecular flexibility index (Phi) is 13.1. The van der Waals surface area contributed by atoms with Gasteiger partial charge in [0.1, 0.15) is 18.1 Å². The number of hydrogen-bond acceptors (Lipinski definition) is 9. The molecule has 12 N–H and O–H groups in total. The maximum atomic E-state index is 12.9. The SMILES string of the molecule is CC(O)C(NC(=O)C(N)Cc1cnc[nH]1)C(=O)NC(CCCCN)C(=O)NC(CCC(N)=O)C(=O)O. The number of unbranched alkanes of at least 4 members (excludes halogenated alkanes) is 1. The van der Waals surface area contributed by atoms with E-state index in [-0.39, 0.29) is 25.7 Å². The second-order valence-electron chi connectivity index (χ2n) is 8.36. The number of aliphatic carboxylic acids is 1. The Balaban J connectivity index is 2.91. The Bertz CT molecular complexity index is 878. The number of primary amides is 1. The van der Waals surface area contributed by atoms with Crippen molar-refractivity contribution in [3.8, 4) is 0 Å². The summed E-state index contributed by atoms with van der Waals surface area (Å²) in [4.78, 5) is 67.4. The van der Waals surface area contributed by atoms with Crippen molar-refractivity contribution in [3.63, 3.8) is 0 Å². The van der Waals surface area contributed by atoms with E-state index in [0.717, 1.165) is 0 Å². The van der Waals surface area contributed by atoms with Crippen molar-refractivity contribution >= 4 is 29.6 Å². The summed E-state index contributed by atoms with van der Waals surface area (Å²) in [7, 11) is 0. The Morgan fingerprint density at radius 3 is 2.22 bits per heavy atom. The number of aromatic amines is 1. The number of H-pyrrole nitrogens is 1. The maximum absolute atomic E-state index is 12.9. The van der Waals surface area contributed by atoms with Gasteiger partial charge in [0.15, 0.2) is 0 Å². The average Bonchev–Trinajstić information content (AvgIpc) is 3.31. The Hall–Kier alpha value is -3.56. The van der Waals surface area contributed by atoms with Crippen molar-refractivity contribution < 1.29 is 34.2 Å². The summed E-state index contributed by atoms with van der Waals surface area (Å²) >= 11 is 0. The van der Waals surface area contributed by atoms with Gasteiger partial charge < -0.3 is 48.3 Å². The van der Waals surface area contributed by atoms with Crippen LogP contribution in [0.5, 0.6) is 0 Å². The van der Waals surface area contributed by atoms with Gasteiger partial charge in [0.25, 0.3) is 0 Å². The molecule has 0 saturated heterocycles. The monoisotopic (exact) mass is 512 g/mol. The highest BCUT2D eigenvalue weighted by atomic mass is 16.4. The maximum Gasteiger partial charge on any atom is 0.326 e. The number of imidazole rings is 1. The zero-order chi connectivity index (χ0) is 27.3. The molecule has 1 aromatic heterocycles. The zero-order valence-corrected chi connectivity index (χ0v) is 20.1. The number of amides is 4. The van der Waals surface area contributed by atoms with Crippen LogP contribution in [0.2, 0.25) is 0 Å². The summed E-state index contributed by atoms with van der Waals surface area (Å²) in [6.07, 6.45) is 2.23. The van der Waals surface area contributed by atoms with E-state index < -0.39 is 59.9 Å². The fourth-order valence-electron chi connectivity index (χ4n) is 3.23. The Morgan fingerprint density at radius 1 is 1.03 bits per heavy atom. The van der Waals surface area contributed by atoms with E-state index >= 15 is 0 Å². The number of carbonyl (C=O) groups is 5. The van der Waals surface area contributed by atoms with E-state index in [4.69, 9.17) is 17.2 Å². The molecule has 202 valence electrons. The minimum Gasteiger partial charge on any atom is -0.480 e. The molecular formula is C21H36N8O7. The van der Waals surface area contributed by atoms with Gasteiger partial charge in [-0.1, -0.05) is 0 Å². The van der Waals surface area contributed by atoms with Gasteiger partial charge in [-0.25, -0.2) is 9.78 Å². The molecule has 0 aliphatic carbocycles. The van der Waals surface area contributed by atoms with Crippen LogP contribution in [-0.4, -0.2) is 86.6 Å². The number of nitrogens with two attached hydrogens (primary N) is 3. The van der Waals surface area contributed by atoms with Crippen LogP contribution in [0.3, 0.4) is 0 Å². The van der Waals surface area contributed by atoms with E-state index in [2.05, 4.69) is 25.9 Å². The van der Waals surface area contributed by atoms with Crippen molar-refractivity contribution in [2.45, 2.75) is 75.7 Å². The number of aliphatic hydroxyl groups excluding tert-OH is 1. The normalized spacial score (nSPS) is 15.1. The molecule has 36 heavy (non-hydrogen) atoms. The van der Waals surface area contributed by atoms with Gasteiger partial charge in [0.2, 0.25) is 23.6 Å². The van der Waals surface area contributed by atoms with Gasteiger partial charge in [-0.05, 0) is 39.2 Å². The summed E-state index contributed by atoms with van der Waals surface area (Å²) in [5, 5.41) is 26.6. The predicted molar refractivity (Wildman–Crippen MR) is 127 cm³/mol. The van der Waals surface area contributed by atoms with E-state index in [1.54, 1.807) is 0 Å². The Morgan fingerprint density at radius 2 is 1.69 bits per heavy atom. The molecule has 1 heterocycles. The third kappa shape index (κ3) is 10.8. The van der Waals surface area contributed by atoms with Gasteiger partial charge in [0.05, 0.1) is 18.5 Å². The molecule has 5 atom stereocenters. The molecule has 15 heteroatoms. The molecule has 1 aromatic rings. The molecule has 0 aliphatic rings. The lowest BCUT2D eigenvalue weighted by atomic mass is 10.0. The molecule has 0 aliphatic heterocycles. The van der Waals surface area contributed by atoms with Crippen molar-refractivity contribution in [2.24, 2.45) is 17.2 Å². The second-order valence-corrected chi connectivity index (χ2v) is 8.36. The standard InChI is InChI=1S/C21H36N8O7/c1-11(30)17(29-18(32)13(23)8-12-9-25-10-26-12)20(34)27-14(4-2-3-7-22)19(33)28-15(21(35)36)5-6-16(24)31/h9-11,13-15,17,30H,2-8,22-23H2,1H3,(H2,24,31)(H,25,26)(H,27,34)(H,28,33)(H,29,32)(H,35,36). The molecule has 0 aromatic carbocycles. The van der Waals surface area contributed by atoms with Crippen LogP contribution in [0.15, 0.2) is 12.5 Å². The average molecular weight is 513 g/mol. The fraction of sp³-hybridized carbons (Fsp3) is 0.619. The first kappa shape index (κ1) is 30.5. The van der Waals surface area contributed by atoms with Gasteiger partial charge in [0, 0.05) is 24.7 Å². The number of carboxylic acid groups (broad SMARTS) is 1. The highest BCUT2D eigenvalue weighted by Crippen LogP contribution is 2.06. The molecule has 0 radical (unpaired) electrons. The van der Waals surface area contributed by atoms with Crippen LogP contribution in [0.1, 0.15) is 44.7 Å². The number of hydrogen-bond donors (Lipinski definition) is 9. The Labute approximate surface area is 207 Å². The van der Waals surface area contributed by atoms with Crippen LogP contribution < -0.4 is 33.2 Å². The number of carboxylic acids is 1. The lowest BCUT2D eigenvalue weighted by Crippen LogP contribution is -2.60. The van der Waals surface area contributed by atoms with Crippen molar-refractivity contribution in [2.75, 3.05) is 6.54 Å². The van der Waals surface area contributed by atoms with Crippen LogP contribution in [0, 0.1) is 0 Å². The highest BCUT2D eigenvalue weighted by molar-refractivity contribution is 5.94. The van der Waals surface area contributed by atoms with Crippen molar-refractivity contribution in [3.05, 3.63) is 18.2 Å². The van der Waals surface area contributed by atoms with Crippen LogP contribution in [-0.2, 0) is 30.4 Å². The molecule has 15 nitrogen and oxygen atoms in total. The van der Waals surface area contributed by atoms with E-state index in [9.17, 15) is 34.2 Å². The second kappa shape index (κ2) is 15.4. The molecule has 0 saturated carbocycles. The lowest BCUT2D eigenvalue weighted by molar-refractivity contribution is -0.142. The number of rotatable bonds is 17. The molecule has 5 unspecified atom stereocenters. The van der Waals surface area contributed by atoms with Gasteiger partial charge >= 0.3 is 5.97 Å². The van der Waals surface area contributed by atoms with Crippen molar-refractivity contribution in [1.82, 2.24) is 25.9 Å². The quantitative estimate of drug-likeness (QED) is 0.0933. The van der Waals surface area contributed by atoms with Crippen molar-refractivity contribution in [1.29, 1.82) is 0 Å². The smallest absolute Gasteiger partial charge is 0.326 e. The minimum absolute atomic E-state index is 0.103. The summed E-state index contributed by atoms with van der Waals surface area (Å²) in [5.41, 5.74) is 17.0. The summed E-state index contributed by atoms with van der Waals surface area (Å²) in [6.45, 7) is 1.61. The van der Waals surface area contributed by atoms with E-state index in [1.807, 2.05) is 0 Å². The first-order valence-electron chi connectivity index (χ1n) is 11.5. The van der Waals surface area contributed by atoms with E-state index in [0.29, 0.717) is 25.1 Å². The largest absolute Gasteiger partial charge is 0.480 e. The number of nitrogens with one attached hydrogen (secondary N) is 4. The number of carbonyl (C=O) groups excluding carboxylic acids is 4. The van der Waals surface area contributed by atoms with Crippen LogP contribution in [0.4, 0.5) is 0 Å². The third-order valence-electron chi connectivity index (χ3n) is 5.27. The van der Waals surface area contributed by atoms with Crippen LogP contribution >= 0.6 is 0 Å². The van der Waals surface area contributed by atoms with Gasteiger partial charge in [-0.3, -0.25) is 19.2 Å². The summed E-state index contributed by atoms with van der Waals surface area (Å²) < 4.78 is 0. The van der Waals surface area contributed by atoms with E-state index in [1.165, 1.54) is 19.4 Å². The topological polar surface area (TPSA) is 269 Å². The first-order valence-corrected chi connectivity index (χ1v) is 11.5. The number of aromatic nitrogens is 2. The molecule has 1 rings (SSSR count). The molecule has 0 spiro atoms. The minimum atomic E-state index is -1.44. The molecular weight excluding hydrogens is 476 g/mol. The highest BCUT2D eigenvalue weighted by Gasteiger charge is 2.32. The summed E-state index contributed by atoms with van der Waals surface area (Å²) in [5.74, 6) is -4.51. The number of nitrogens with zero attached hydrogens (tertiary/aromatic N) is 1. The zero-order valence-electron chi connectivity index (χ0n) is 20.1. The predicted octanol–water partition coefficient (Wildman–Crippen LogP) is -3.41. The van der Waals surface area contributed by atoms with Gasteiger partial charge in [-0.2, -0.15) is 0 Å². The lowest BCUT2D eigenvalue weighted by Gasteiger charge is -2.26.